The first-order chi connectivity index (χ1) is 9.74. The molecule has 4 heteroatoms. The lowest BCUT2D eigenvalue weighted by Gasteiger charge is -2.17. The van der Waals surface area contributed by atoms with Gasteiger partial charge in [-0.05, 0) is 25.3 Å². The van der Waals surface area contributed by atoms with E-state index in [1.807, 2.05) is 18.2 Å². The summed E-state index contributed by atoms with van der Waals surface area (Å²) in [6.07, 6.45) is 4.02. The van der Waals surface area contributed by atoms with Crippen molar-refractivity contribution in [2.75, 3.05) is 5.32 Å². The highest BCUT2D eigenvalue weighted by Gasteiger charge is 2.19. The average Bonchev–Trinajstić information content (AvgIpc) is 2.48. The van der Waals surface area contributed by atoms with E-state index in [1.165, 1.54) is 5.56 Å². The maximum absolute atomic E-state index is 11.7. The van der Waals surface area contributed by atoms with Gasteiger partial charge in [-0.3, -0.25) is 4.79 Å². The summed E-state index contributed by atoms with van der Waals surface area (Å²) in [5.74, 6) is 0.753. The Labute approximate surface area is 118 Å². The minimum atomic E-state index is 0.133. The smallest absolute Gasteiger partial charge is 0.223 e. The van der Waals surface area contributed by atoms with Gasteiger partial charge in [0.15, 0.2) is 5.78 Å². The van der Waals surface area contributed by atoms with Crippen LogP contribution in [-0.2, 0) is 6.42 Å². The molecule has 0 amide bonds. The molecule has 1 atom stereocenters. The lowest BCUT2D eigenvalue weighted by molar-refractivity contribution is 0.0971. The summed E-state index contributed by atoms with van der Waals surface area (Å²) in [5, 5.41) is 3.29. The number of carbonyl (C=O) groups excluding carboxylic acids is 1. The number of aryl methyl sites for hydroxylation is 1. The molecule has 1 aromatic carbocycles. The van der Waals surface area contributed by atoms with E-state index < -0.39 is 0 Å². The Balaban J connectivity index is 1.80. The second-order valence-electron chi connectivity index (χ2n) is 5.11. The van der Waals surface area contributed by atoms with Gasteiger partial charge in [0.05, 0.1) is 17.3 Å². The molecule has 0 radical (unpaired) electrons. The van der Waals surface area contributed by atoms with Gasteiger partial charge in [-0.25, -0.2) is 9.97 Å². The van der Waals surface area contributed by atoms with Crippen LogP contribution in [0.5, 0.6) is 0 Å². The third-order valence-electron chi connectivity index (χ3n) is 3.63. The molecule has 0 aliphatic heterocycles. The minimum Gasteiger partial charge on any atom is -0.348 e. The second kappa shape index (κ2) is 5.41. The number of Topliss-reactive ketones (excluding diaryl/α,β-unsaturated/α-hetero) is 1. The number of nitrogens with one attached hydrogen (secondary N) is 1. The first-order valence-electron chi connectivity index (χ1n) is 6.94. The van der Waals surface area contributed by atoms with Gasteiger partial charge in [0, 0.05) is 12.6 Å². The molecule has 0 spiro atoms. The van der Waals surface area contributed by atoms with E-state index in [1.54, 1.807) is 6.20 Å². The Morgan fingerprint density at radius 3 is 2.80 bits per heavy atom. The number of hydrogen-bond donors (Lipinski definition) is 1. The van der Waals surface area contributed by atoms with E-state index in [0.717, 1.165) is 18.5 Å². The van der Waals surface area contributed by atoms with Crippen LogP contribution in [0.3, 0.4) is 0 Å². The van der Waals surface area contributed by atoms with E-state index in [-0.39, 0.29) is 11.8 Å². The molecular formula is C16H17N3O. The molecule has 1 aliphatic carbocycles. The van der Waals surface area contributed by atoms with Crippen LogP contribution in [0.2, 0.25) is 0 Å². The molecule has 20 heavy (non-hydrogen) atoms. The Kier molecular flexibility index (Phi) is 3.46. The van der Waals surface area contributed by atoms with Crippen LogP contribution < -0.4 is 5.32 Å². The fourth-order valence-corrected chi connectivity index (χ4v) is 2.48. The van der Waals surface area contributed by atoms with Crippen molar-refractivity contribution < 1.29 is 4.79 Å². The summed E-state index contributed by atoms with van der Waals surface area (Å²) in [6.45, 7) is 2.07. The van der Waals surface area contributed by atoms with E-state index in [9.17, 15) is 4.79 Å². The van der Waals surface area contributed by atoms with Crippen molar-refractivity contribution in [1.82, 2.24) is 9.97 Å². The maximum Gasteiger partial charge on any atom is 0.223 e. The van der Waals surface area contributed by atoms with Gasteiger partial charge in [-0.2, -0.15) is 0 Å². The van der Waals surface area contributed by atoms with Crippen molar-refractivity contribution in [2.45, 2.75) is 32.2 Å². The Morgan fingerprint density at radius 1 is 1.20 bits per heavy atom. The standard InChI is InChI=1S/C16H17N3O/c1-11(12-6-3-2-4-7-12)18-16-17-10-13-14(19-16)8-5-9-15(13)20/h2-4,6-7,10-11H,5,8-9H2,1H3,(H,17,18,19). The molecule has 1 unspecified atom stereocenters. The molecule has 1 aliphatic rings. The molecule has 3 rings (SSSR count). The topological polar surface area (TPSA) is 54.9 Å². The number of nitrogens with zero attached hydrogens (tertiary/aromatic N) is 2. The van der Waals surface area contributed by atoms with Crippen molar-refractivity contribution in [3.8, 4) is 0 Å². The van der Waals surface area contributed by atoms with Crippen LogP contribution in [0.1, 0.15) is 47.4 Å². The molecule has 102 valence electrons. The van der Waals surface area contributed by atoms with E-state index >= 15 is 0 Å². The number of anilines is 1. The van der Waals surface area contributed by atoms with Gasteiger partial charge in [0.25, 0.3) is 0 Å². The number of hydrogen-bond acceptors (Lipinski definition) is 4. The molecule has 0 saturated heterocycles. The Hall–Kier alpha value is -2.23. The van der Waals surface area contributed by atoms with Crippen molar-refractivity contribution in [3.05, 3.63) is 53.3 Å². The first kappa shape index (κ1) is 12.8. The predicted molar refractivity (Wildman–Crippen MR) is 77.8 cm³/mol. The maximum atomic E-state index is 11.7. The van der Waals surface area contributed by atoms with E-state index in [0.29, 0.717) is 17.9 Å². The van der Waals surface area contributed by atoms with Crippen molar-refractivity contribution in [3.63, 3.8) is 0 Å². The quantitative estimate of drug-likeness (QED) is 0.928. The zero-order valence-corrected chi connectivity index (χ0v) is 11.5. The molecule has 1 aromatic heterocycles. The lowest BCUT2D eigenvalue weighted by atomic mass is 9.96. The molecule has 0 fully saturated rings. The van der Waals surface area contributed by atoms with Gasteiger partial charge < -0.3 is 5.32 Å². The van der Waals surface area contributed by atoms with Gasteiger partial charge in [-0.1, -0.05) is 30.3 Å². The Morgan fingerprint density at radius 2 is 2.00 bits per heavy atom. The van der Waals surface area contributed by atoms with E-state index in [4.69, 9.17) is 0 Å². The summed E-state index contributed by atoms with van der Waals surface area (Å²) in [6, 6.07) is 10.3. The first-order valence-corrected chi connectivity index (χ1v) is 6.94. The fraction of sp³-hybridized carbons (Fsp3) is 0.312. The minimum absolute atomic E-state index is 0.133. The zero-order chi connectivity index (χ0) is 13.9. The number of rotatable bonds is 3. The molecule has 0 bridgehead atoms. The molecule has 2 aromatic rings. The number of benzene rings is 1. The van der Waals surface area contributed by atoms with Crippen molar-refractivity contribution >= 4 is 11.7 Å². The monoisotopic (exact) mass is 267 g/mol. The van der Waals surface area contributed by atoms with Gasteiger partial charge >= 0.3 is 0 Å². The van der Waals surface area contributed by atoms with Crippen LogP contribution in [0.25, 0.3) is 0 Å². The molecule has 1 N–H and O–H groups in total. The van der Waals surface area contributed by atoms with Crippen molar-refractivity contribution in [2.24, 2.45) is 0 Å². The lowest BCUT2D eigenvalue weighted by Crippen LogP contribution is -2.16. The summed E-state index contributed by atoms with van der Waals surface area (Å²) >= 11 is 0. The van der Waals surface area contributed by atoms with Crippen LogP contribution in [0.15, 0.2) is 36.5 Å². The van der Waals surface area contributed by atoms with Crippen LogP contribution >= 0.6 is 0 Å². The number of fused-ring (bicyclic) bond motifs is 1. The number of aromatic nitrogens is 2. The third-order valence-corrected chi connectivity index (χ3v) is 3.63. The predicted octanol–water partition coefficient (Wildman–Crippen LogP) is 3.17. The largest absolute Gasteiger partial charge is 0.348 e. The van der Waals surface area contributed by atoms with E-state index in [2.05, 4.69) is 34.3 Å². The van der Waals surface area contributed by atoms with Crippen LogP contribution in [0.4, 0.5) is 5.95 Å². The number of carbonyl (C=O) groups is 1. The van der Waals surface area contributed by atoms with Crippen LogP contribution in [0, 0.1) is 0 Å². The highest BCUT2D eigenvalue weighted by Crippen LogP contribution is 2.21. The molecular weight excluding hydrogens is 250 g/mol. The summed E-state index contributed by atoms with van der Waals surface area (Å²) in [5.41, 5.74) is 2.75. The zero-order valence-electron chi connectivity index (χ0n) is 11.5. The highest BCUT2D eigenvalue weighted by atomic mass is 16.1. The van der Waals surface area contributed by atoms with Gasteiger partial charge in [0.2, 0.25) is 5.95 Å². The van der Waals surface area contributed by atoms with Gasteiger partial charge in [-0.15, -0.1) is 0 Å². The normalized spacial score (nSPS) is 15.6. The van der Waals surface area contributed by atoms with Crippen molar-refractivity contribution in [1.29, 1.82) is 0 Å². The SMILES string of the molecule is CC(Nc1ncc2c(n1)CCCC2=O)c1ccccc1. The molecule has 4 nitrogen and oxygen atoms in total. The third kappa shape index (κ3) is 2.54. The van der Waals surface area contributed by atoms with Crippen LogP contribution in [-0.4, -0.2) is 15.8 Å². The molecule has 1 heterocycles. The summed E-state index contributed by atoms with van der Waals surface area (Å²) in [4.78, 5) is 20.5. The summed E-state index contributed by atoms with van der Waals surface area (Å²) in [7, 11) is 0. The Bertz CT molecular complexity index is 625. The molecule has 0 saturated carbocycles. The number of ketones is 1. The average molecular weight is 267 g/mol. The summed E-state index contributed by atoms with van der Waals surface area (Å²) < 4.78 is 0. The highest BCUT2D eigenvalue weighted by molar-refractivity contribution is 5.97. The second-order valence-corrected chi connectivity index (χ2v) is 5.11. The van der Waals surface area contributed by atoms with Gasteiger partial charge in [0.1, 0.15) is 0 Å². The fourth-order valence-electron chi connectivity index (χ4n) is 2.48.